The maximum atomic E-state index is 9.62. The molecule has 1 fully saturated rings. The Bertz CT molecular complexity index is 717. The second-order valence-corrected chi connectivity index (χ2v) is 7.99. The topological polar surface area (TPSA) is 33.0 Å². The first-order valence-electron chi connectivity index (χ1n) is 9.12. The van der Waals surface area contributed by atoms with E-state index in [9.17, 15) is 5.26 Å². The molecule has 1 aliphatic rings. The van der Waals surface area contributed by atoms with Crippen molar-refractivity contribution < 1.29 is 4.74 Å². The standard InChI is InChI=1S/C23H27NO/c1-22(2)18-23(13-14-24,16-20-11-7-4-8-12-20)21(17-25-22)15-19-9-5-3-6-10-19/h3-12,21H,13,15-18H2,1-2H3/t21-,23+/m1/s1. The second kappa shape index (κ2) is 7.42. The van der Waals surface area contributed by atoms with Crippen LogP contribution in [0, 0.1) is 22.7 Å². The summed E-state index contributed by atoms with van der Waals surface area (Å²) in [6, 6.07) is 23.7. The lowest BCUT2D eigenvalue weighted by Gasteiger charge is -2.49. The molecule has 2 aromatic carbocycles. The highest BCUT2D eigenvalue weighted by Gasteiger charge is 2.47. The summed E-state index contributed by atoms with van der Waals surface area (Å²) in [6.07, 6.45) is 3.39. The van der Waals surface area contributed by atoms with Crippen LogP contribution in [0.5, 0.6) is 0 Å². The van der Waals surface area contributed by atoms with Gasteiger partial charge in [-0.2, -0.15) is 5.26 Å². The minimum atomic E-state index is -0.182. The summed E-state index contributed by atoms with van der Waals surface area (Å²) in [5.74, 6) is 0.350. The first-order chi connectivity index (χ1) is 12.0. The van der Waals surface area contributed by atoms with Gasteiger partial charge in [-0.1, -0.05) is 60.7 Å². The molecule has 2 aromatic rings. The molecule has 1 saturated heterocycles. The van der Waals surface area contributed by atoms with E-state index < -0.39 is 0 Å². The summed E-state index contributed by atoms with van der Waals surface area (Å²) in [6.45, 7) is 5.03. The van der Waals surface area contributed by atoms with E-state index in [1.54, 1.807) is 0 Å². The highest BCUT2D eigenvalue weighted by Crippen LogP contribution is 2.48. The highest BCUT2D eigenvalue weighted by molar-refractivity contribution is 5.21. The molecular formula is C23H27NO. The maximum Gasteiger partial charge on any atom is 0.0632 e. The predicted molar refractivity (Wildman–Crippen MR) is 101 cm³/mol. The van der Waals surface area contributed by atoms with Crippen LogP contribution >= 0.6 is 0 Å². The Morgan fingerprint density at radius 2 is 1.60 bits per heavy atom. The van der Waals surface area contributed by atoms with Crippen LogP contribution in [0.4, 0.5) is 0 Å². The zero-order valence-electron chi connectivity index (χ0n) is 15.2. The van der Waals surface area contributed by atoms with Gasteiger partial charge in [-0.25, -0.2) is 0 Å². The zero-order chi connectivity index (χ0) is 17.8. The summed E-state index contributed by atoms with van der Waals surface area (Å²) in [7, 11) is 0. The van der Waals surface area contributed by atoms with Gasteiger partial charge >= 0.3 is 0 Å². The minimum Gasteiger partial charge on any atom is -0.375 e. The summed E-state index contributed by atoms with van der Waals surface area (Å²) in [5.41, 5.74) is 2.41. The van der Waals surface area contributed by atoms with Crippen molar-refractivity contribution in [2.45, 2.75) is 45.1 Å². The normalized spacial score (nSPS) is 25.2. The lowest BCUT2D eigenvalue weighted by molar-refractivity contribution is -0.139. The van der Waals surface area contributed by atoms with E-state index in [4.69, 9.17) is 4.74 Å². The summed E-state index contributed by atoms with van der Waals surface area (Å²) < 4.78 is 6.18. The third kappa shape index (κ3) is 4.30. The Hall–Kier alpha value is -2.11. The zero-order valence-corrected chi connectivity index (χ0v) is 15.2. The van der Waals surface area contributed by atoms with Gasteiger partial charge in [0.25, 0.3) is 0 Å². The van der Waals surface area contributed by atoms with E-state index in [0.717, 1.165) is 25.9 Å². The van der Waals surface area contributed by atoms with Gasteiger partial charge in [0.05, 0.1) is 18.3 Å². The van der Waals surface area contributed by atoms with Crippen molar-refractivity contribution in [3.05, 3.63) is 71.8 Å². The Labute approximate surface area is 151 Å². The number of rotatable bonds is 5. The molecule has 0 saturated carbocycles. The van der Waals surface area contributed by atoms with E-state index in [1.807, 2.05) is 0 Å². The fraction of sp³-hybridized carbons (Fsp3) is 0.435. The maximum absolute atomic E-state index is 9.62. The number of benzene rings is 2. The average molecular weight is 333 g/mol. The molecule has 25 heavy (non-hydrogen) atoms. The van der Waals surface area contributed by atoms with Gasteiger partial charge in [0.15, 0.2) is 0 Å². The van der Waals surface area contributed by atoms with E-state index in [1.165, 1.54) is 11.1 Å². The van der Waals surface area contributed by atoms with Crippen LogP contribution in [0.1, 0.15) is 37.8 Å². The SMILES string of the molecule is CC1(C)C[C@](CC#N)(Cc2ccccc2)[C@H](Cc2ccccc2)CO1. The average Bonchev–Trinajstić information content (AvgIpc) is 2.59. The molecule has 0 aliphatic carbocycles. The molecule has 0 amide bonds. The molecular weight excluding hydrogens is 306 g/mol. The van der Waals surface area contributed by atoms with Gasteiger partial charge in [0.2, 0.25) is 0 Å². The number of nitrogens with zero attached hydrogens (tertiary/aromatic N) is 1. The molecule has 2 nitrogen and oxygen atoms in total. The molecule has 0 unspecified atom stereocenters. The lowest BCUT2D eigenvalue weighted by Crippen LogP contribution is -2.49. The lowest BCUT2D eigenvalue weighted by atomic mass is 9.61. The van der Waals surface area contributed by atoms with Gasteiger partial charge < -0.3 is 4.74 Å². The van der Waals surface area contributed by atoms with Crippen LogP contribution in [-0.2, 0) is 17.6 Å². The smallest absolute Gasteiger partial charge is 0.0632 e. The molecule has 2 heteroatoms. The van der Waals surface area contributed by atoms with Crippen molar-refractivity contribution in [3.8, 4) is 6.07 Å². The van der Waals surface area contributed by atoms with Crippen LogP contribution in [0.2, 0.25) is 0 Å². The third-order valence-electron chi connectivity index (χ3n) is 5.47. The molecule has 0 aromatic heterocycles. The molecule has 2 atom stereocenters. The Balaban J connectivity index is 1.93. The largest absolute Gasteiger partial charge is 0.375 e. The molecule has 0 radical (unpaired) electrons. The van der Waals surface area contributed by atoms with Gasteiger partial charge in [-0.3, -0.25) is 0 Å². The van der Waals surface area contributed by atoms with Crippen LogP contribution in [-0.4, -0.2) is 12.2 Å². The number of hydrogen-bond donors (Lipinski definition) is 0. The van der Waals surface area contributed by atoms with Crippen molar-refractivity contribution >= 4 is 0 Å². The van der Waals surface area contributed by atoms with Gasteiger partial charge in [-0.15, -0.1) is 0 Å². The summed E-state index contributed by atoms with van der Waals surface area (Å²) in [5, 5.41) is 9.62. The Morgan fingerprint density at radius 3 is 2.20 bits per heavy atom. The molecule has 0 spiro atoms. The van der Waals surface area contributed by atoms with Gasteiger partial charge in [0, 0.05) is 6.42 Å². The van der Waals surface area contributed by atoms with Gasteiger partial charge in [0.1, 0.15) is 0 Å². The van der Waals surface area contributed by atoms with E-state index in [-0.39, 0.29) is 11.0 Å². The molecule has 0 bridgehead atoms. The molecule has 0 N–H and O–H groups in total. The molecule has 130 valence electrons. The van der Waals surface area contributed by atoms with Crippen LogP contribution in [0.3, 0.4) is 0 Å². The molecule has 1 heterocycles. The third-order valence-corrected chi connectivity index (χ3v) is 5.47. The van der Waals surface area contributed by atoms with E-state index >= 15 is 0 Å². The van der Waals surface area contributed by atoms with Crippen LogP contribution < -0.4 is 0 Å². The Kier molecular flexibility index (Phi) is 5.25. The van der Waals surface area contributed by atoms with Gasteiger partial charge in [-0.05, 0) is 55.6 Å². The monoisotopic (exact) mass is 333 g/mol. The second-order valence-electron chi connectivity index (χ2n) is 7.99. The van der Waals surface area contributed by atoms with Crippen molar-refractivity contribution in [1.29, 1.82) is 5.26 Å². The summed E-state index contributed by atoms with van der Waals surface area (Å²) >= 11 is 0. The van der Waals surface area contributed by atoms with Crippen molar-refractivity contribution in [1.82, 2.24) is 0 Å². The number of ether oxygens (including phenoxy) is 1. The highest BCUT2D eigenvalue weighted by atomic mass is 16.5. The van der Waals surface area contributed by atoms with Crippen molar-refractivity contribution in [2.24, 2.45) is 11.3 Å². The minimum absolute atomic E-state index is 0.0479. The predicted octanol–water partition coefficient (Wildman–Crippen LogP) is 5.19. The quantitative estimate of drug-likeness (QED) is 0.754. The summed E-state index contributed by atoms with van der Waals surface area (Å²) in [4.78, 5) is 0. The molecule has 3 rings (SSSR count). The fourth-order valence-electron chi connectivity index (χ4n) is 4.36. The van der Waals surface area contributed by atoms with Crippen molar-refractivity contribution in [2.75, 3.05) is 6.61 Å². The first-order valence-corrected chi connectivity index (χ1v) is 9.12. The van der Waals surface area contributed by atoms with E-state index in [2.05, 4.69) is 80.6 Å². The van der Waals surface area contributed by atoms with Crippen LogP contribution in [0.25, 0.3) is 0 Å². The number of hydrogen-bond acceptors (Lipinski definition) is 2. The van der Waals surface area contributed by atoms with Crippen LogP contribution in [0.15, 0.2) is 60.7 Å². The van der Waals surface area contributed by atoms with E-state index in [0.29, 0.717) is 12.3 Å². The Morgan fingerprint density at radius 1 is 1.00 bits per heavy atom. The fourth-order valence-corrected chi connectivity index (χ4v) is 4.36. The van der Waals surface area contributed by atoms with Crippen molar-refractivity contribution in [3.63, 3.8) is 0 Å². The number of nitriles is 1. The first kappa shape index (κ1) is 17.7. The molecule has 1 aliphatic heterocycles.